The zero-order valence-electron chi connectivity index (χ0n) is 20.0. The first-order chi connectivity index (χ1) is 14.7. The van der Waals surface area contributed by atoms with Crippen molar-refractivity contribution >= 4 is 5.97 Å². The second kappa shape index (κ2) is 12.5. The standard InChI is InChI=1S/C27H42O4/c1-6-7-10-19(4)25(28)14-13-23-24-16-21(15-22(24)17-26(23)29)11-8-9-12-27(30)31-20(5)18(2)3/h11,13-14,18-20,22-26,28-29H,8-10,12,15-17H2,1-5H3/b14-13+,21-11-/t19?,20-,22-,23+,24-,25+,26+/m0/s1. The van der Waals surface area contributed by atoms with Crippen LogP contribution in [0.4, 0.5) is 0 Å². The number of rotatable bonds is 10. The van der Waals surface area contributed by atoms with E-state index in [9.17, 15) is 15.0 Å². The molecule has 0 radical (unpaired) electrons. The Morgan fingerprint density at radius 2 is 2.00 bits per heavy atom. The molecule has 0 aromatic carbocycles. The van der Waals surface area contributed by atoms with Gasteiger partial charge >= 0.3 is 5.97 Å². The van der Waals surface area contributed by atoms with Gasteiger partial charge in [-0.25, -0.2) is 0 Å². The van der Waals surface area contributed by atoms with Crippen molar-refractivity contribution in [1.82, 2.24) is 0 Å². The van der Waals surface area contributed by atoms with Crippen molar-refractivity contribution in [1.29, 1.82) is 0 Å². The van der Waals surface area contributed by atoms with Gasteiger partial charge in [-0.3, -0.25) is 4.79 Å². The van der Waals surface area contributed by atoms with Gasteiger partial charge in [0.05, 0.1) is 12.2 Å². The van der Waals surface area contributed by atoms with Crippen molar-refractivity contribution < 1.29 is 19.7 Å². The second-order valence-corrected chi connectivity index (χ2v) is 9.89. The number of ether oxygens (including phenoxy) is 1. The lowest BCUT2D eigenvalue weighted by Gasteiger charge is -2.19. The molecule has 2 aliphatic carbocycles. The molecule has 1 unspecified atom stereocenters. The van der Waals surface area contributed by atoms with Gasteiger partial charge in [-0.15, -0.1) is 11.8 Å². The van der Waals surface area contributed by atoms with E-state index in [2.05, 4.69) is 31.8 Å². The summed E-state index contributed by atoms with van der Waals surface area (Å²) < 4.78 is 5.43. The van der Waals surface area contributed by atoms with Crippen LogP contribution in [0.1, 0.15) is 79.6 Å². The number of aliphatic hydroxyl groups excluding tert-OH is 2. The SMILES string of the molecule is CC#CCC(C)[C@H](O)/C=C/[C@@H]1[C@H]2C/C(=C\CCCC(=O)O[C@@H](C)C(C)C)C[C@H]2C[C@H]1O. The van der Waals surface area contributed by atoms with Crippen LogP contribution in [0.25, 0.3) is 0 Å². The molecule has 2 fully saturated rings. The maximum atomic E-state index is 11.9. The lowest BCUT2D eigenvalue weighted by molar-refractivity contribution is -0.150. The molecule has 2 rings (SSSR count). The van der Waals surface area contributed by atoms with Gasteiger partial charge in [-0.2, -0.15) is 0 Å². The Morgan fingerprint density at radius 3 is 2.68 bits per heavy atom. The number of aliphatic hydroxyl groups is 2. The lowest BCUT2D eigenvalue weighted by atomic mass is 9.89. The number of hydrogen-bond donors (Lipinski definition) is 2. The number of unbranched alkanes of at least 4 members (excludes halogenated alkanes) is 1. The average Bonchev–Trinajstić information content (AvgIpc) is 3.23. The fourth-order valence-electron chi connectivity index (χ4n) is 4.71. The molecule has 174 valence electrons. The Kier molecular flexibility index (Phi) is 10.3. The summed E-state index contributed by atoms with van der Waals surface area (Å²) >= 11 is 0. The smallest absolute Gasteiger partial charge is 0.306 e. The number of fused-ring (bicyclic) bond motifs is 1. The minimum absolute atomic E-state index is 0.0300. The van der Waals surface area contributed by atoms with E-state index in [1.807, 2.05) is 32.9 Å². The van der Waals surface area contributed by atoms with Crippen molar-refractivity contribution in [3.63, 3.8) is 0 Å². The number of esters is 1. The van der Waals surface area contributed by atoms with E-state index in [4.69, 9.17) is 4.74 Å². The van der Waals surface area contributed by atoms with Crippen LogP contribution >= 0.6 is 0 Å². The molecule has 0 amide bonds. The van der Waals surface area contributed by atoms with E-state index in [1.54, 1.807) is 0 Å². The van der Waals surface area contributed by atoms with E-state index in [0.29, 0.717) is 30.6 Å². The van der Waals surface area contributed by atoms with Crippen LogP contribution in [-0.4, -0.2) is 34.5 Å². The predicted molar refractivity (Wildman–Crippen MR) is 125 cm³/mol. The van der Waals surface area contributed by atoms with Crippen molar-refractivity contribution in [2.75, 3.05) is 0 Å². The maximum absolute atomic E-state index is 11.9. The van der Waals surface area contributed by atoms with Gasteiger partial charge in [0, 0.05) is 18.8 Å². The van der Waals surface area contributed by atoms with Gasteiger partial charge in [0.2, 0.25) is 0 Å². The molecule has 0 heterocycles. The van der Waals surface area contributed by atoms with Gasteiger partial charge in [-0.1, -0.05) is 44.6 Å². The highest BCUT2D eigenvalue weighted by atomic mass is 16.5. The third kappa shape index (κ3) is 7.81. The third-order valence-corrected chi connectivity index (χ3v) is 7.10. The Balaban J connectivity index is 1.81. The van der Waals surface area contributed by atoms with Crippen molar-refractivity contribution in [3.05, 3.63) is 23.8 Å². The normalized spacial score (nSPS) is 29.6. The van der Waals surface area contributed by atoms with E-state index >= 15 is 0 Å². The van der Waals surface area contributed by atoms with Gasteiger partial charge in [0.1, 0.15) is 6.10 Å². The summed E-state index contributed by atoms with van der Waals surface area (Å²) in [5, 5.41) is 20.9. The zero-order chi connectivity index (χ0) is 23.0. The highest BCUT2D eigenvalue weighted by molar-refractivity contribution is 5.69. The van der Waals surface area contributed by atoms with E-state index in [1.165, 1.54) is 5.57 Å². The van der Waals surface area contributed by atoms with Gasteiger partial charge in [0.15, 0.2) is 0 Å². The summed E-state index contributed by atoms with van der Waals surface area (Å²) in [6.45, 7) is 9.87. The first kappa shape index (κ1) is 25.7. The molecule has 31 heavy (non-hydrogen) atoms. The molecule has 2 N–H and O–H groups in total. The first-order valence-electron chi connectivity index (χ1n) is 12.0. The molecule has 4 heteroatoms. The molecule has 2 aliphatic rings. The fraction of sp³-hybridized carbons (Fsp3) is 0.741. The molecular weight excluding hydrogens is 388 g/mol. The van der Waals surface area contributed by atoms with Crippen molar-refractivity contribution in [3.8, 4) is 11.8 Å². The first-order valence-corrected chi connectivity index (χ1v) is 12.0. The summed E-state index contributed by atoms with van der Waals surface area (Å²) in [7, 11) is 0. The minimum Gasteiger partial charge on any atom is -0.462 e. The third-order valence-electron chi connectivity index (χ3n) is 7.10. The van der Waals surface area contributed by atoms with E-state index in [0.717, 1.165) is 32.1 Å². The van der Waals surface area contributed by atoms with E-state index in [-0.39, 0.29) is 30.0 Å². The zero-order valence-corrected chi connectivity index (χ0v) is 20.0. The number of carbonyl (C=O) groups is 1. The molecule has 2 saturated carbocycles. The quantitative estimate of drug-likeness (QED) is 0.220. The second-order valence-electron chi connectivity index (χ2n) is 9.89. The Morgan fingerprint density at radius 1 is 1.26 bits per heavy atom. The highest BCUT2D eigenvalue weighted by Crippen LogP contribution is 2.50. The Hall–Kier alpha value is -1.57. The van der Waals surface area contributed by atoms with Crippen LogP contribution in [0.3, 0.4) is 0 Å². The van der Waals surface area contributed by atoms with Crippen LogP contribution in [0.5, 0.6) is 0 Å². The van der Waals surface area contributed by atoms with Gasteiger partial charge < -0.3 is 14.9 Å². The molecule has 0 aromatic rings. The highest BCUT2D eigenvalue weighted by Gasteiger charge is 2.44. The minimum atomic E-state index is -0.526. The number of allylic oxidation sites excluding steroid dienone is 2. The van der Waals surface area contributed by atoms with Crippen molar-refractivity contribution in [2.24, 2.45) is 29.6 Å². The van der Waals surface area contributed by atoms with Gasteiger partial charge in [-0.05, 0) is 69.6 Å². The molecule has 0 aliphatic heterocycles. The van der Waals surface area contributed by atoms with Crippen LogP contribution in [-0.2, 0) is 9.53 Å². The molecule has 0 spiro atoms. The summed E-state index contributed by atoms with van der Waals surface area (Å²) in [4.78, 5) is 11.9. The predicted octanol–water partition coefficient (Wildman–Crippen LogP) is 5.04. The van der Waals surface area contributed by atoms with Gasteiger partial charge in [0.25, 0.3) is 0 Å². The molecule has 0 aromatic heterocycles. The lowest BCUT2D eigenvalue weighted by Crippen LogP contribution is -2.19. The van der Waals surface area contributed by atoms with Crippen LogP contribution in [0.2, 0.25) is 0 Å². The van der Waals surface area contributed by atoms with Crippen LogP contribution < -0.4 is 0 Å². The Bertz CT molecular complexity index is 696. The fourth-order valence-corrected chi connectivity index (χ4v) is 4.71. The number of hydrogen-bond acceptors (Lipinski definition) is 4. The molecule has 7 atom stereocenters. The summed E-state index contributed by atoms with van der Waals surface area (Å²) in [6, 6.07) is 0. The van der Waals surface area contributed by atoms with Crippen molar-refractivity contribution in [2.45, 2.75) is 97.9 Å². The van der Waals surface area contributed by atoms with E-state index < -0.39 is 6.10 Å². The molecular formula is C27H42O4. The maximum Gasteiger partial charge on any atom is 0.306 e. The summed E-state index contributed by atoms with van der Waals surface area (Å²) in [6.07, 6.45) is 11.1. The molecule has 4 nitrogen and oxygen atoms in total. The van der Waals surface area contributed by atoms with Crippen LogP contribution in [0, 0.1) is 41.4 Å². The summed E-state index contributed by atoms with van der Waals surface area (Å²) in [5.74, 6) is 7.32. The number of carbonyl (C=O) groups excluding carboxylic acids is 1. The summed E-state index contributed by atoms with van der Waals surface area (Å²) in [5.41, 5.74) is 1.45. The molecule has 0 saturated heterocycles. The average molecular weight is 431 g/mol. The topological polar surface area (TPSA) is 66.8 Å². The Labute approximate surface area is 189 Å². The molecule has 0 bridgehead atoms. The largest absolute Gasteiger partial charge is 0.462 e. The van der Waals surface area contributed by atoms with Crippen LogP contribution in [0.15, 0.2) is 23.8 Å². The monoisotopic (exact) mass is 430 g/mol.